The maximum atomic E-state index is 13.4. The van der Waals surface area contributed by atoms with Gasteiger partial charge in [-0.1, -0.05) is 18.5 Å². The smallest absolute Gasteiger partial charge is 0.144 e. The first kappa shape index (κ1) is 13.9. The van der Waals surface area contributed by atoms with Gasteiger partial charge in [0.2, 0.25) is 0 Å². The van der Waals surface area contributed by atoms with E-state index in [4.69, 9.17) is 11.6 Å². The third kappa shape index (κ3) is 2.47. The van der Waals surface area contributed by atoms with Crippen molar-refractivity contribution in [2.24, 2.45) is 0 Å². The summed E-state index contributed by atoms with van der Waals surface area (Å²) in [5, 5.41) is 10.6. The molecule has 0 amide bonds. The van der Waals surface area contributed by atoms with E-state index in [9.17, 15) is 9.50 Å². The Hall–Kier alpha value is -2.07. The highest BCUT2D eigenvalue weighted by atomic mass is 35.5. The van der Waals surface area contributed by atoms with Gasteiger partial charge in [-0.15, -0.1) is 0 Å². The van der Waals surface area contributed by atoms with Crippen molar-refractivity contribution in [2.75, 3.05) is 0 Å². The Balaban J connectivity index is 2.30. The maximum Gasteiger partial charge on any atom is 0.144 e. The van der Waals surface area contributed by atoms with E-state index < -0.39 is 0 Å². The van der Waals surface area contributed by atoms with E-state index in [1.165, 1.54) is 18.2 Å². The molecule has 0 bridgehead atoms. The molecule has 0 atom stereocenters. The molecule has 0 fully saturated rings. The molecule has 0 aliphatic heterocycles. The topological polar surface area (TPSA) is 38.0 Å². The highest BCUT2D eigenvalue weighted by molar-refractivity contribution is 6.30. The monoisotopic (exact) mass is 304 g/mol. The minimum Gasteiger partial charge on any atom is -0.507 e. The predicted molar refractivity (Wildman–Crippen MR) is 82.1 cm³/mol. The van der Waals surface area contributed by atoms with Crippen LogP contribution in [0.1, 0.15) is 13.3 Å². The van der Waals surface area contributed by atoms with Gasteiger partial charge >= 0.3 is 0 Å². The molecule has 1 N–H and O–H groups in total. The van der Waals surface area contributed by atoms with Gasteiger partial charge in [-0.2, -0.15) is 0 Å². The lowest BCUT2D eigenvalue weighted by atomic mass is 10.2. The zero-order valence-electron chi connectivity index (χ0n) is 11.5. The second kappa shape index (κ2) is 5.37. The van der Waals surface area contributed by atoms with Crippen LogP contribution in [0.3, 0.4) is 0 Å². The van der Waals surface area contributed by atoms with Crippen LogP contribution in [0, 0.1) is 5.82 Å². The van der Waals surface area contributed by atoms with Crippen molar-refractivity contribution in [1.29, 1.82) is 0 Å². The minimum absolute atomic E-state index is 0.104. The second-order valence-corrected chi connectivity index (χ2v) is 5.32. The fraction of sp³-hybridized carbons (Fsp3) is 0.188. The SMILES string of the molecule is CCCn1c(-c2cc(Cl)ccc2O)nc2cc(F)ccc21. The molecule has 5 heteroatoms. The molecule has 0 saturated carbocycles. The van der Waals surface area contributed by atoms with Crippen LogP contribution in [0.5, 0.6) is 5.75 Å². The molecule has 1 aromatic heterocycles. The molecule has 0 saturated heterocycles. The molecule has 108 valence electrons. The summed E-state index contributed by atoms with van der Waals surface area (Å²) < 4.78 is 15.4. The molecule has 0 aliphatic rings. The van der Waals surface area contributed by atoms with Crippen LogP contribution in [0.2, 0.25) is 5.02 Å². The lowest BCUT2D eigenvalue weighted by Gasteiger charge is -2.09. The first-order valence-electron chi connectivity index (χ1n) is 6.75. The van der Waals surface area contributed by atoms with E-state index in [0.29, 0.717) is 21.9 Å². The number of hydrogen-bond acceptors (Lipinski definition) is 2. The normalized spacial score (nSPS) is 11.2. The Morgan fingerprint density at radius 3 is 2.81 bits per heavy atom. The molecule has 2 aromatic carbocycles. The van der Waals surface area contributed by atoms with Crippen LogP contribution in [-0.4, -0.2) is 14.7 Å². The van der Waals surface area contributed by atoms with Gasteiger partial charge in [0.15, 0.2) is 0 Å². The van der Waals surface area contributed by atoms with Gasteiger partial charge in [0.05, 0.1) is 16.6 Å². The molecular weight excluding hydrogens is 291 g/mol. The Kier molecular flexibility index (Phi) is 3.55. The number of benzene rings is 2. The third-order valence-electron chi connectivity index (χ3n) is 3.36. The summed E-state index contributed by atoms with van der Waals surface area (Å²) in [6.45, 7) is 2.78. The fourth-order valence-corrected chi connectivity index (χ4v) is 2.62. The summed E-state index contributed by atoms with van der Waals surface area (Å²) in [5.41, 5.74) is 1.96. The van der Waals surface area contributed by atoms with Gasteiger partial charge in [-0.3, -0.25) is 0 Å². The second-order valence-electron chi connectivity index (χ2n) is 4.88. The van der Waals surface area contributed by atoms with Gasteiger partial charge in [-0.05, 0) is 36.8 Å². The molecule has 3 aromatic rings. The summed E-state index contributed by atoms with van der Waals surface area (Å²) in [4.78, 5) is 4.47. The zero-order chi connectivity index (χ0) is 15.0. The zero-order valence-corrected chi connectivity index (χ0v) is 12.2. The minimum atomic E-state index is -0.328. The summed E-state index contributed by atoms with van der Waals surface area (Å²) in [6, 6.07) is 9.34. The fourth-order valence-electron chi connectivity index (χ4n) is 2.45. The van der Waals surface area contributed by atoms with Crippen LogP contribution in [0.15, 0.2) is 36.4 Å². The number of nitrogens with zero attached hydrogens (tertiary/aromatic N) is 2. The largest absolute Gasteiger partial charge is 0.507 e. The number of halogens is 2. The van der Waals surface area contributed by atoms with Crippen LogP contribution >= 0.6 is 11.6 Å². The quantitative estimate of drug-likeness (QED) is 0.767. The van der Waals surface area contributed by atoms with Crippen molar-refractivity contribution < 1.29 is 9.50 Å². The van der Waals surface area contributed by atoms with E-state index in [0.717, 1.165) is 18.5 Å². The van der Waals surface area contributed by atoms with E-state index >= 15 is 0 Å². The number of aromatic nitrogens is 2. The number of phenolic OH excluding ortho intramolecular Hbond substituents is 1. The molecule has 3 nitrogen and oxygen atoms in total. The van der Waals surface area contributed by atoms with Crippen LogP contribution in [-0.2, 0) is 6.54 Å². The van der Waals surface area contributed by atoms with Gasteiger partial charge in [0.25, 0.3) is 0 Å². The van der Waals surface area contributed by atoms with Crippen molar-refractivity contribution in [3.05, 3.63) is 47.2 Å². The van der Waals surface area contributed by atoms with Gasteiger partial charge < -0.3 is 9.67 Å². The first-order chi connectivity index (χ1) is 10.1. The van der Waals surface area contributed by atoms with Crippen molar-refractivity contribution >= 4 is 22.6 Å². The van der Waals surface area contributed by atoms with Crippen molar-refractivity contribution in [2.45, 2.75) is 19.9 Å². The molecule has 0 spiro atoms. The van der Waals surface area contributed by atoms with Gasteiger partial charge in [0, 0.05) is 17.6 Å². The first-order valence-corrected chi connectivity index (χ1v) is 7.12. The summed E-state index contributed by atoms with van der Waals surface area (Å²) >= 11 is 6.01. The summed E-state index contributed by atoms with van der Waals surface area (Å²) in [5.74, 6) is 0.371. The lowest BCUT2D eigenvalue weighted by Crippen LogP contribution is -2.00. The van der Waals surface area contributed by atoms with Crippen LogP contribution in [0.4, 0.5) is 4.39 Å². The average molecular weight is 305 g/mol. The average Bonchev–Trinajstić information content (AvgIpc) is 2.80. The third-order valence-corrected chi connectivity index (χ3v) is 3.59. The number of aryl methyl sites for hydroxylation is 1. The van der Waals surface area contributed by atoms with E-state index in [2.05, 4.69) is 11.9 Å². The Bertz CT molecular complexity index is 813. The maximum absolute atomic E-state index is 13.4. The van der Waals surface area contributed by atoms with E-state index in [1.54, 1.807) is 18.2 Å². The van der Waals surface area contributed by atoms with Crippen LogP contribution in [0.25, 0.3) is 22.4 Å². The highest BCUT2D eigenvalue weighted by Crippen LogP contribution is 2.33. The number of phenols is 1. The number of imidazole rings is 1. The number of aromatic hydroxyl groups is 1. The van der Waals surface area contributed by atoms with Gasteiger partial charge in [-0.25, -0.2) is 9.37 Å². The molecule has 3 rings (SSSR count). The predicted octanol–water partition coefficient (Wildman–Crippen LogP) is 4.61. The van der Waals surface area contributed by atoms with Crippen molar-refractivity contribution in [3.63, 3.8) is 0 Å². The van der Waals surface area contributed by atoms with Crippen molar-refractivity contribution in [1.82, 2.24) is 9.55 Å². The highest BCUT2D eigenvalue weighted by Gasteiger charge is 2.16. The molecule has 21 heavy (non-hydrogen) atoms. The molecule has 0 radical (unpaired) electrons. The Labute approximate surface area is 126 Å². The molecule has 0 aliphatic carbocycles. The number of rotatable bonds is 3. The summed E-state index contributed by atoms with van der Waals surface area (Å²) in [7, 11) is 0. The van der Waals surface area contributed by atoms with E-state index in [-0.39, 0.29) is 11.6 Å². The van der Waals surface area contributed by atoms with Crippen LogP contribution < -0.4 is 0 Å². The molecule has 0 unspecified atom stereocenters. The summed E-state index contributed by atoms with van der Waals surface area (Å²) in [6.07, 6.45) is 0.900. The molecule has 1 heterocycles. The van der Waals surface area contributed by atoms with E-state index in [1.807, 2.05) is 4.57 Å². The number of hydrogen-bond donors (Lipinski definition) is 1. The van der Waals surface area contributed by atoms with Crippen molar-refractivity contribution in [3.8, 4) is 17.1 Å². The lowest BCUT2D eigenvalue weighted by molar-refractivity contribution is 0.476. The number of fused-ring (bicyclic) bond motifs is 1. The Morgan fingerprint density at radius 2 is 2.05 bits per heavy atom. The van der Waals surface area contributed by atoms with Gasteiger partial charge in [0.1, 0.15) is 17.4 Å². The Morgan fingerprint density at radius 1 is 1.24 bits per heavy atom. The molecular formula is C16H14ClFN2O. The standard InChI is InChI=1S/C16H14ClFN2O/c1-2-7-20-14-5-4-11(18)9-13(14)19-16(20)12-8-10(17)3-6-15(12)21/h3-6,8-9,21H,2,7H2,1H3.